The van der Waals surface area contributed by atoms with Crippen LogP contribution in [0.25, 0.3) is 0 Å². The third kappa shape index (κ3) is 4.89. The Bertz CT molecular complexity index is 1150. The van der Waals surface area contributed by atoms with E-state index in [-0.39, 0.29) is 16.5 Å². The highest BCUT2D eigenvalue weighted by molar-refractivity contribution is 7.98. The molecule has 0 radical (unpaired) electrons. The molecular formula is C20H21N5O5S. The van der Waals surface area contributed by atoms with Crippen molar-refractivity contribution in [2.75, 3.05) is 32.5 Å². The molecule has 0 bridgehead atoms. The van der Waals surface area contributed by atoms with Crippen LogP contribution in [0, 0.1) is 0 Å². The van der Waals surface area contributed by atoms with E-state index in [9.17, 15) is 9.59 Å². The number of rotatable bonds is 8. The number of thioether (sulfide) groups is 1. The Hall–Kier alpha value is -3.73. The first-order valence-corrected chi connectivity index (χ1v) is 10.00. The first-order valence-electron chi connectivity index (χ1n) is 9.01. The molecule has 0 fully saturated rings. The van der Waals surface area contributed by atoms with Crippen molar-refractivity contribution in [3.63, 3.8) is 0 Å². The first kappa shape index (κ1) is 22.0. The van der Waals surface area contributed by atoms with Gasteiger partial charge in [0.2, 0.25) is 11.0 Å². The molecule has 0 aliphatic heterocycles. The second-order valence-corrected chi connectivity index (χ2v) is 7.09. The van der Waals surface area contributed by atoms with Crippen LogP contribution in [0.2, 0.25) is 0 Å². The maximum atomic E-state index is 12.6. The van der Waals surface area contributed by atoms with Gasteiger partial charge in [-0.25, -0.2) is 4.79 Å². The molecule has 0 aliphatic carbocycles. The zero-order valence-electron chi connectivity index (χ0n) is 17.1. The highest BCUT2D eigenvalue weighted by Crippen LogP contribution is 2.30. The highest BCUT2D eigenvalue weighted by Gasteiger charge is 2.16. The molecule has 2 aromatic carbocycles. The number of nitrogens with one attached hydrogen (secondary N) is 1. The summed E-state index contributed by atoms with van der Waals surface area (Å²) in [6, 6.07) is 12.1. The fourth-order valence-electron chi connectivity index (χ4n) is 2.69. The number of methoxy groups -OCH3 is 3. The van der Waals surface area contributed by atoms with Gasteiger partial charge >= 0.3 is 11.5 Å². The van der Waals surface area contributed by atoms with E-state index in [0.717, 1.165) is 10.2 Å². The average Bonchev–Trinajstić information content (AvgIpc) is 2.81. The van der Waals surface area contributed by atoms with E-state index in [2.05, 4.69) is 15.5 Å². The summed E-state index contributed by atoms with van der Waals surface area (Å²) < 4.78 is 16.2. The van der Waals surface area contributed by atoms with Gasteiger partial charge in [0, 0.05) is 5.75 Å². The number of nitrogen functional groups attached to an aromatic ring is 1. The van der Waals surface area contributed by atoms with Crippen LogP contribution in [0.15, 0.2) is 52.4 Å². The van der Waals surface area contributed by atoms with E-state index in [4.69, 9.17) is 20.1 Å². The SMILES string of the molecule is COC(=O)c1ccccc1Nc1nnc(SCc2ccc(OC)c(OC)c2)n(N)c1=O. The number of carbonyl (C=O) groups is 1. The number of para-hydroxylation sites is 1. The van der Waals surface area contributed by atoms with Crippen molar-refractivity contribution in [2.24, 2.45) is 0 Å². The van der Waals surface area contributed by atoms with Gasteiger partial charge in [-0.3, -0.25) is 4.79 Å². The van der Waals surface area contributed by atoms with Gasteiger partial charge in [-0.1, -0.05) is 30.0 Å². The number of hydrogen-bond acceptors (Lipinski definition) is 10. The van der Waals surface area contributed by atoms with Crippen LogP contribution in [0.1, 0.15) is 15.9 Å². The molecule has 0 atom stereocenters. The third-order valence-electron chi connectivity index (χ3n) is 4.26. The fourth-order valence-corrected chi connectivity index (χ4v) is 3.48. The molecule has 3 rings (SSSR count). The Morgan fingerprint density at radius 3 is 2.55 bits per heavy atom. The number of carbonyl (C=O) groups excluding carboxylic acids is 1. The van der Waals surface area contributed by atoms with Crippen LogP contribution in [0.4, 0.5) is 11.5 Å². The lowest BCUT2D eigenvalue weighted by atomic mass is 10.2. The summed E-state index contributed by atoms with van der Waals surface area (Å²) in [6.07, 6.45) is 0. The summed E-state index contributed by atoms with van der Waals surface area (Å²) in [4.78, 5) is 24.6. The molecule has 162 valence electrons. The van der Waals surface area contributed by atoms with E-state index < -0.39 is 11.5 Å². The molecule has 10 nitrogen and oxygen atoms in total. The molecule has 3 aromatic rings. The Morgan fingerprint density at radius 1 is 1.10 bits per heavy atom. The van der Waals surface area contributed by atoms with E-state index >= 15 is 0 Å². The number of ether oxygens (including phenoxy) is 3. The van der Waals surface area contributed by atoms with Gasteiger partial charge in [-0.05, 0) is 29.8 Å². The number of nitrogens with zero attached hydrogens (tertiary/aromatic N) is 3. The quantitative estimate of drug-likeness (QED) is 0.303. The van der Waals surface area contributed by atoms with Gasteiger partial charge in [0.15, 0.2) is 11.5 Å². The summed E-state index contributed by atoms with van der Waals surface area (Å²) in [6.45, 7) is 0. The molecule has 1 aromatic heterocycles. The minimum atomic E-state index is -0.593. The molecule has 11 heteroatoms. The van der Waals surface area contributed by atoms with E-state index in [1.165, 1.54) is 18.9 Å². The molecule has 0 saturated heterocycles. The lowest BCUT2D eigenvalue weighted by Crippen LogP contribution is -2.32. The number of anilines is 2. The second kappa shape index (κ2) is 9.85. The summed E-state index contributed by atoms with van der Waals surface area (Å²) in [5.74, 6) is 6.96. The van der Waals surface area contributed by atoms with E-state index in [1.807, 2.05) is 12.1 Å². The van der Waals surface area contributed by atoms with Crippen molar-refractivity contribution < 1.29 is 19.0 Å². The van der Waals surface area contributed by atoms with Gasteiger partial charge in [0.1, 0.15) is 0 Å². The van der Waals surface area contributed by atoms with Crippen molar-refractivity contribution in [2.45, 2.75) is 10.9 Å². The topological polar surface area (TPSA) is 131 Å². The largest absolute Gasteiger partial charge is 0.493 e. The van der Waals surface area contributed by atoms with Crippen LogP contribution < -0.4 is 26.2 Å². The van der Waals surface area contributed by atoms with Crippen LogP contribution >= 0.6 is 11.8 Å². The molecule has 1 heterocycles. The van der Waals surface area contributed by atoms with E-state index in [1.54, 1.807) is 44.6 Å². The van der Waals surface area contributed by atoms with Crippen molar-refractivity contribution in [1.29, 1.82) is 0 Å². The molecule has 31 heavy (non-hydrogen) atoms. The zero-order chi connectivity index (χ0) is 22.4. The van der Waals surface area contributed by atoms with Gasteiger partial charge in [-0.15, -0.1) is 10.2 Å². The Morgan fingerprint density at radius 2 is 1.84 bits per heavy atom. The summed E-state index contributed by atoms with van der Waals surface area (Å²) in [5.41, 5.74) is 0.934. The van der Waals surface area contributed by atoms with Crippen molar-refractivity contribution >= 4 is 29.2 Å². The normalized spacial score (nSPS) is 10.4. The smallest absolute Gasteiger partial charge is 0.339 e. The maximum absolute atomic E-state index is 12.6. The van der Waals surface area contributed by atoms with Crippen LogP contribution in [-0.2, 0) is 10.5 Å². The Kier molecular flexibility index (Phi) is 6.98. The van der Waals surface area contributed by atoms with Crippen LogP contribution in [-0.4, -0.2) is 42.2 Å². The van der Waals surface area contributed by atoms with Gasteiger partial charge < -0.3 is 25.4 Å². The summed E-state index contributed by atoms with van der Waals surface area (Å²) in [7, 11) is 4.40. The van der Waals surface area contributed by atoms with Crippen molar-refractivity contribution in [1.82, 2.24) is 14.9 Å². The Balaban J connectivity index is 1.79. The number of nitrogens with two attached hydrogens (primary N) is 1. The monoisotopic (exact) mass is 443 g/mol. The highest BCUT2D eigenvalue weighted by atomic mass is 32.2. The lowest BCUT2D eigenvalue weighted by Gasteiger charge is -2.12. The van der Waals surface area contributed by atoms with Crippen molar-refractivity contribution in [3.8, 4) is 11.5 Å². The molecule has 0 amide bonds. The zero-order valence-corrected chi connectivity index (χ0v) is 17.9. The minimum absolute atomic E-state index is 0.116. The maximum Gasteiger partial charge on any atom is 0.339 e. The number of hydrogen-bond donors (Lipinski definition) is 2. The average molecular weight is 443 g/mol. The number of benzene rings is 2. The van der Waals surface area contributed by atoms with E-state index in [0.29, 0.717) is 22.9 Å². The minimum Gasteiger partial charge on any atom is -0.493 e. The molecule has 0 unspecified atom stereocenters. The van der Waals surface area contributed by atoms with Gasteiger partial charge in [0.05, 0.1) is 32.6 Å². The fraction of sp³-hybridized carbons (Fsp3) is 0.200. The molecule has 0 spiro atoms. The molecular weight excluding hydrogens is 422 g/mol. The lowest BCUT2D eigenvalue weighted by molar-refractivity contribution is 0.0602. The second-order valence-electron chi connectivity index (χ2n) is 6.15. The number of aromatic nitrogens is 3. The summed E-state index contributed by atoms with van der Waals surface area (Å²) in [5, 5.41) is 11.0. The number of esters is 1. The third-order valence-corrected chi connectivity index (χ3v) is 5.28. The van der Waals surface area contributed by atoms with Crippen LogP contribution in [0.5, 0.6) is 11.5 Å². The Labute approximate surface area is 182 Å². The molecule has 3 N–H and O–H groups in total. The van der Waals surface area contributed by atoms with Crippen molar-refractivity contribution in [3.05, 3.63) is 63.9 Å². The molecule has 0 aliphatic rings. The standard InChI is InChI=1S/C20H21N5O5S/c1-28-15-9-8-12(10-16(15)29-2)11-31-20-24-23-17(18(26)25(20)21)22-14-7-5-4-6-13(14)19(27)30-3/h4-10H,11,21H2,1-3H3,(H,22,23). The molecule has 0 saturated carbocycles. The predicted octanol–water partition coefficient (Wildman–Crippen LogP) is 2.19. The van der Waals surface area contributed by atoms with Gasteiger partial charge in [0.25, 0.3) is 0 Å². The summed E-state index contributed by atoms with van der Waals surface area (Å²) >= 11 is 1.24. The van der Waals surface area contributed by atoms with Crippen LogP contribution in [0.3, 0.4) is 0 Å². The first-order chi connectivity index (χ1) is 15.0. The van der Waals surface area contributed by atoms with Gasteiger partial charge in [-0.2, -0.15) is 4.68 Å². The predicted molar refractivity (Wildman–Crippen MR) is 117 cm³/mol.